The van der Waals surface area contributed by atoms with Crippen molar-refractivity contribution < 1.29 is 12.9 Å². The van der Waals surface area contributed by atoms with Crippen LogP contribution in [0.3, 0.4) is 0 Å². The highest BCUT2D eigenvalue weighted by molar-refractivity contribution is 7.90. The lowest BCUT2D eigenvalue weighted by Gasteiger charge is -2.10. The standard InChI is InChI=1S/C11H19N3O3S/c1-8(18(2,15)16)11-13-10(14-17-11)9-6-4-3-5-7-12-9/h8-9,12H,3-7H2,1-2H3. The van der Waals surface area contributed by atoms with Gasteiger partial charge < -0.3 is 9.84 Å². The largest absolute Gasteiger partial charge is 0.338 e. The zero-order chi connectivity index (χ0) is 13.2. The number of sulfone groups is 1. The van der Waals surface area contributed by atoms with Crippen molar-refractivity contribution in [2.45, 2.75) is 43.9 Å². The molecule has 6 nitrogen and oxygen atoms in total. The first kappa shape index (κ1) is 13.5. The third kappa shape index (κ3) is 3.08. The van der Waals surface area contributed by atoms with Crippen LogP contribution in [0.2, 0.25) is 0 Å². The normalized spacial score (nSPS) is 23.6. The van der Waals surface area contributed by atoms with Crippen molar-refractivity contribution in [1.82, 2.24) is 15.5 Å². The Kier molecular flexibility index (Phi) is 4.01. The summed E-state index contributed by atoms with van der Waals surface area (Å²) in [6.07, 6.45) is 5.62. The maximum atomic E-state index is 11.4. The van der Waals surface area contributed by atoms with Crippen molar-refractivity contribution in [2.24, 2.45) is 0 Å². The van der Waals surface area contributed by atoms with Gasteiger partial charge in [-0.15, -0.1) is 0 Å². The molecular weight excluding hydrogens is 254 g/mol. The number of hydrogen-bond acceptors (Lipinski definition) is 6. The van der Waals surface area contributed by atoms with Crippen LogP contribution in [0.25, 0.3) is 0 Å². The molecule has 0 bridgehead atoms. The summed E-state index contributed by atoms with van der Waals surface area (Å²) in [4.78, 5) is 4.22. The molecule has 0 aliphatic carbocycles. The Bertz CT molecular complexity index is 489. The summed E-state index contributed by atoms with van der Waals surface area (Å²) in [5.74, 6) is 0.751. The van der Waals surface area contributed by atoms with Gasteiger partial charge in [0.25, 0.3) is 0 Å². The Labute approximate surface area is 107 Å². The summed E-state index contributed by atoms with van der Waals surface area (Å²) < 4.78 is 27.9. The average molecular weight is 273 g/mol. The molecule has 2 unspecified atom stereocenters. The van der Waals surface area contributed by atoms with Gasteiger partial charge in [0.15, 0.2) is 15.7 Å². The SMILES string of the molecule is CC(c1nc(C2CCCCCN2)no1)S(C)(=O)=O. The molecule has 1 fully saturated rings. The van der Waals surface area contributed by atoms with Gasteiger partial charge in [-0.1, -0.05) is 18.0 Å². The van der Waals surface area contributed by atoms with Crippen molar-refractivity contribution in [2.75, 3.05) is 12.8 Å². The van der Waals surface area contributed by atoms with Crippen LogP contribution in [0.15, 0.2) is 4.52 Å². The molecule has 2 rings (SSSR count). The molecule has 2 heterocycles. The molecule has 0 spiro atoms. The molecule has 1 N–H and O–H groups in total. The van der Waals surface area contributed by atoms with Gasteiger partial charge in [0.05, 0.1) is 6.04 Å². The van der Waals surface area contributed by atoms with Crippen molar-refractivity contribution in [3.63, 3.8) is 0 Å². The molecule has 1 aliphatic rings. The summed E-state index contributed by atoms with van der Waals surface area (Å²) in [5, 5.41) is 6.51. The van der Waals surface area contributed by atoms with E-state index >= 15 is 0 Å². The summed E-state index contributed by atoms with van der Waals surface area (Å²) >= 11 is 0. The van der Waals surface area contributed by atoms with E-state index in [0.29, 0.717) is 5.82 Å². The second kappa shape index (κ2) is 5.36. The van der Waals surface area contributed by atoms with E-state index < -0.39 is 15.1 Å². The molecule has 1 aromatic heterocycles. The fraction of sp³-hybridized carbons (Fsp3) is 0.818. The van der Waals surface area contributed by atoms with Crippen molar-refractivity contribution in [3.8, 4) is 0 Å². The minimum atomic E-state index is -3.20. The van der Waals surface area contributed by atoms with Crippen LogP contribution in [-0.4, -0.2) is 31.4 Å². The second-order valence-corrected chi connectivity index (χ2v) is 7.18. The lowest BCUT2D eigenvalue weighted by atomic mass is 10.1. The van der Waals surface area contributed by atoms with Gasteiger partial charge in [-0.3, -0.25) is 0 Å². The summed E-state index contributed by atoms with van der Waals surface area (Å²) in [6, 6.07) is 0.0803. The van der Waals surface area contributed by atoms with E-state index in [1.807, 2.05) is 0 Å². The van der Waals surface area contributed by atoms with Gasteiger partial charge in [-0.25, -0.2) is 8.42 Å². The van der Waals surface area contributed by atoms with E-state index in [9.17, 15) is 8.42 Å². The molecule has 1 saturated heterocycles. The molecule has 7 heteroatoms. The first-order chi connectivity index (χ1) is 8.48. The Balaban J connectivity index is 2.14. The van der Waals surface area contributed by atoms with Gasteiger partial charge in [0.1, 0.15) is 5.25 Å². The highest BCUT2D eigenvalue weighted by Gasteiger charge is 2.26. The molecule has 2 atom stereocenters. The Morgan fingerprint density at radius 3 is 2.89 bits per heavy atom. The first-order valence-electron chi connectivity index (χ1n) is 6.24. The maximum absolute atomic E-state index is 11.4. The Hall–Kier alpha value is -0.950. The van der Waals surface area contributed by atoms with E-state index in [1.165, 1.54) is 12.7 Å². The van der Waals surface area contributed by atoms with E-state index in [-0.39, 0.29) is 11.9 Å². The van der Waals surface area contributed by atoms with Crippen LogP contribution in [-0.2, 0) is 9.84 Å². The average Bonchev–Trinajstić information content (AvgIpc) is 2.62. The minimum absolute atomic E-state index is 0.0803. The quantitative estimate of drug-likeness (QED) is 0.895. The number of aromatic nitrogens is 2. The van der Waals surface area contributed by atoms with Crippen LogP contribution in [0.5, 0.6) is 0 Å². The van der Waals surface area contributed by atoms with E-state index in [1.54, 1.807) is 6.92 Å². The smallest absolute Gasteiger partial charge is 0.244 e. The lowest BCUT2D eigenvalue weighted by Crippen LogP contribution is -2.21. The molecule has 18 heavy (non-hydrogen) atoms. The first-order valence-corrected chi connectivity index (χ1v) is 8.19. The van der Waals surface area contributed by atoms with Crippen LogP contribution >= 0.6 is 0 Å². The van der Waals surface area contributed by atoms with Crippen molar-refractivity contribution in [1.29, 1.82) is 0 Å². The third-order valence-electron chi connectivity index (χ3n) is 3.32. The second-order valence-electron chi connectivity index (χ2n) is 4.82. The highest BCUT2D eigenvalue weighted by atomic mass is 32.2. The molecule has 1 aliphatic heterocycles. The summed E-state index contributed by atoms with van der Waals surface area (Å²) in [5.41, 5.74) is 0. The fourth-order valence-corrected chi connectivity index (χ4v) is 2.45. The third-order valence-corrected chi connectivity index (χ3v) is 4.81. The summed E-state index contributed by atoms with van der Waals surface area (Å²) in [6.45, 7) is 2.50. The van der Waals surface area contributed by atoms with Crippen LogP contribution in [0.1, 0.15) is 55.6 Å². The molecule has 1 aromatic rings. The molecule has 102 valence electrons. The highest BCUT2D eigenvalue weighted by Crippen LogP contribution is 2.24. The van der Waals surface area contributed by atoms with Gasteiger partial charge in [-0.2, -0.15) is 4.98 Å². The zero-order valence-corrected chi connectivity index (χ0v) is 11.5. The van der Waals surface area contributed by atoms with Gasteiger partial charge in [-0.05, 0) is 26.3 Å². The topological polar surface area (TPSA) is 85.1 Å². The molecule has 0 aromatic carbocycles. The van der Waals surface area contributed by atoms with Crippen LogP contribution < -0.4 is 5.32 Å². The molecule has 0 radical (unpaired) electrons. The number of hydrogen-bond donors (Lipinski definition) is 1. The van der Waals surface area contributed by atoms with Gasteiger partial charge >= 0.3 is 0 Å². The van der Waals surface area contributed by atoms with Gasteiger partial charge in [0, 0.05) is 6.26 Å². The van der Waals surface area contributed by atoms with E-state index in [2.05, 4.69) is 15.5 Å². The fourth-order valence-electron chi connectivity index (χ4n) is 1.99. The molecule has 0 saturated carbocycles. The Morgan fingerprint density at radius 2 is 2.17 bits per heavy atom. The maximum Gasteiger partial charge on any atom is 0.244 e. The van der Waals surface area contributed by atoms with Crippen molar-refractivity contribution in [3.05, 3.63) is 11.7 Å². The number of rotatable bonds is 3. The number of nitrogens with one attached hydrogen (secondary N) is 1. The lowest BCUT2D eigenvalue weighted by molar-refractivity contribution is 0.362. The van der Waals surface area contributed by atoms with E-state index in [4.69, 9.17) is 4.52 Å². The van der Waals surface area contributed by atoms with Crippen LogP contribution in [0, 0.1) is 0 Å². The number of nitrogens with zero attached hydrogens (tertiary/aromatic N) is 2. The van der Waals surface area contributed by atoms with Crippen molar-refractivity contribution >= 4 is 9.84 Å². The van der Waals surface area contributed by atoms with Gasteiger partial charge in [0.2, 0.25) is 5.89 Å². The zero-order valence-electron chi connectivity index (χ0n) is 10.7. The minimum Gasteiger partial charge on any atom is -0.338 e. The summed E-state index contributed by atoms with van der Waals surface area (Å²) in [7, 11) is -3.20. The molecule has 0 amide bonds. The Morgan fingerprint density at radius 1 is 1.39 bits per heavy atom. The predicted molar refractivity (Wildman–Crippen MR) is 66.8 cm³/mol. The predicted octanol–water partition coefficient (Wildman–Crippen LogP) is 1.38. The molecular formula is C11H19N3O3S. The van der Waals surface area contributed by atoms with Crippen LogP contribution in [0.4, 0.5) is 0 Å². The van der Waals surface area contributed by atoms with E-state index in [0.717, 1.165) is 25.8 Å². The monoisotopic (exact) mass is 273 g/mol.